The summed E-state index contributed by atoms with van der Waals surface area (Å²) in [4.78, 5) is 13.0. The van der Waals surface area contributed by atoms with Crippen molar-refractivity contribution in [2.24, 2.45) is 0 Å². The summed E-state index contributed by atoms with van der Waals surface area (Å²) >= 11 is 0. The van der Waals surface area contributed by atoms with Gasteiger partial charge >= 0.3 is 6.03 Å². The van der Waals surface area contributed by atoms with Crippen LogP contribution >= 0.6 is 0 Å². The lowest BCUT2D eigenvalue weighted by Crippen LogP contribution is -2.39. The summed E-state index contributed by atoms with van der Waals surface area (Å²) in [5.74, 6) is 0.844. The van der Waals surface area contributed by atoms with Crippen LogP contribution in [0.4, 0.5) is 4.79 Å². The van der Waals surface area contributed by atoms with Gasteiger partial charge in [-0.15, -0.1) is 0 Å². The van der Waals surface area contributed by atoms with E-state index >= 15 is 0 Å². The second-order valence-corrected chi connectivity index (χ2v) is 6.35. The van der Waals surface area contributed by atoms with E-state index in [4.69, 9.17) is 9.84 Å². The molecule has 1 aromatic carbocycles. The Bertz CT molecular complexity index is 452. The maximum Gasteiger partial charge on any atom is 0.317 e. The van der Waals surface area contributed by atoms with E-state index in [0.717, 1.165) is 12.2 Å². The molecular weight excluding hydrogens is 280 g/mol. The number of carbonyl (C=O) groups excluding carboxylic acids is 1. The van der Waals surface area contributed by atoms with E-state index in [1.165, 1.54) is 10.5 Å². The lowest BCUT2D eigenvalue weighted by atomic mass is 9.87. The van der Waals surface area contributed by atoms with Crippen molar-refractivity contribution in [2.45, 2.75) is 32.6 Å². The Labute approximate surface area is 133 Å². The summed E-state index contributed by atoms with van der Waals surface area (Å²) in [7, 11) is 1.65. The number of benzene rings is 1. The molecule has 0 aliphatic rings. The number of aliphatic hydroxyl groups is 1. The molecule has 0 aliphatic heterocycles. The van der Waals surface area contributed by atoms with Gasteiger partial charge in [-0.2, -0.15) is 0 Å². The number of hydrogen-bond acceptors (Lipinski definition) is 3. The number of aliphatic hydroxyl groups excluding tert-OH is 1. The third-order valence-corrected chi connectivity index (χ3v) is 3.37. The number of nitrogens with zero attached hydrogens (tertiary/aromatic N) is 1. The molecule has 1 aromatic rings. The molecule has 0 fully saturated rings. The first kappa shape index (κ1) is 18.3. The van der Waals surface area contributed by atoms with Gasteiger partial charge in [0.05, 0.1) is 13.2 Å². The molecular formula is C17H28N2O3. The molecule has 0 aromatic heterocycles. The van der Waals surface area contributed by atoms with Crippen LogP contribution in [0.3, 0.4) is 0 Å². The minimum atomic E-state index is -0.177. The molecule has 0 unspecified atom stereocenters. The zero-order valence-corrected chi connectivity index (χ0v) is 14.1. The van der Waals surface area contributed by atoms with E-state index < -0.39 is 0 Å². The topological polar surface area (TPSA) is 61.8 Å². The molecule has 0 bridgehead atoms. The highest BCUT2D eigenvalue weighted by atomic mass is 16.5. The summed E-state index contributed by atoms with van der Waals surface area (Å²) in [6.07, 6.45) is 0.736. The predicted octanol–water partition coefficient (Wildman–Crippen LogP) is 2.39. The van der Waals surface area contributed by atoms with Gasteiger partial charge in [-0.1, -0.05) is 32.9 Å². The number of ether oxygens (including phenoxy) is 1. The Kier molecular flexibility index (Phi) is 7.18. The summed E-state index contributed by atoms with van der Waals surface area (Å²) in [6, 6.07) is 7.95. The van der Waals surface area contributed by atoms with Crippen LogP contribution in [-0.4, -0.2) is 49.4 Å². The van der Waals surface area contributed by atoms with Gasteiger partial charge in [0.25, 0.3) is 0 Å². The number of urea groups is 1. The van der Waals surface area contributed by atoms with Gasteiger partial charge in [0.1, 0.15) is 5.75 Å². The first-order chi connectivity index (χ1) is 10.3. The molecule has 2 N–H and O–H groups in total. The summed E-state index contributed by atoms with van der Waals surface area (Å²) in [5.41, 5.74) is 1.42. The molecule has 124 valence electrons. The van der Waals surface area contributed by atoms with Gasteiger partial charge < -0.3 is 20.1 Å². The van der Waals surface area contributed by atoms with Crippen LogP contribution in [0, 0.1) is 0 Å². The largest absolute Gasteiger partial charge is 0.494 e. The average Bonchev–Trinajstić information content (AvgIpc) is 2.46. The molecule has 22 heavy (non-hydrogen) atoms. The van der Waals surface area contributed by atoms with Gasteiger partial charge in [-0.3, -0.25) is 0 Å². The molecule has 2 amide bonds. The molecule has 0 spiro atoms. The molecule has 0 saturated heterocycles. The molecule has 0 atom stereocenters. The van der Waals surface area contributed by atoms with Gasteiger partial charge in [0.15, 0.2) is 0 Å². The highest BCUT2D eigenvalue weighted by Gasteiger charge is 2.12. The second kappa shape index (κ2) is 8.63. The van der Waals surface area contributed by atoms with Crippen LogP contribution in [0.2, 0.25) is 0 Å². The van der Waals surface area contributed by atoms with Crippen molar-refractivity contribution in [3.63, 3.8) is 0 Å². The van der Waals surface area contributed by atoms with Crippen LogP contribution in [0.1, 0.15) is 32.8 Å². The van der Waals surface area contributed by atoms with Gasteiger partial charge in [-0.05, 0) is 29.5 Å². The molecule has 5 nitrogen and oxygen atoms in total. The quantitative estimate of drug-likeness (QED) is 0.760. The number of likely N-dealkylation sites (N-methyl/N-ethyl adjacent to an activating group) is 1. The molecule has 1 rings (SSSR count). The van der Waals surface area contributed by atoms with Gasteiger partial charge in [0, 0.05) is 20.1 Å². The minimum absolute atomic E-state index is 0.0302. The maximum atomic E-state index is 11.6. The van der Waals surface area contributed by atoms with Crippen molar-refractivity contribution in [3.8, 4) is 5.75 Å². The SMILES string of the molecule is CN(CCO)C(=O)NCCCOc1ccc(C(C)(C)C)cc1. The highest BCUT2D eigenvalue weighted by molar-refractivity contribution is 5.73. The van der Waals surface area contributed by atoms with Crippen LogP contribution in [-0.2, 0) is 5.41 Å². The summed E-state index contributed by atoms with van der Waals surface area (Å²) in [5, 5.41) is 11.5. The molecule has 0 heterocycles. The Morgan fingerprint density at radius 1 is 1.27 bits per heavy atom. The molecule has 5 heteroatoms. The number of amides is 2. The third kappa shape index (κ3) is 6.35. The third-order valence-electron chi connectivity index (χ3n) is 3.37. The van der Waals surface area contributed by atoms with Crippen molar-refractivity contribution >= 4 is 6.03 Å². The fourth-order valence-corrected chi connectivity index (χ4v) is 1.90. The average molecular weight is 308 g/mol. The monoisotopic (exact) mass is 308 g/mol. The zero-order valence-electron chi connectivity index (χ0n) is 14.1. The van der Waals surface area contributed by atoms with Crippen molar-refractivity contribution < 1.29 is 14.6 Å². The van der Waals surface area contributed by atoms with E-state index in [-0.39, 0.29) is 18.1 Å². The zero-order chi connectivity index (χ0) is 16.6. The summed E-state index contributed by atoms with van der Waals surface area (Å²) in [6.45, 7) is 7.95. The predicted molar refractivity (Wildman–Crippen MR) is 88.4 cm³/mol. The molecule has 0 aliphatic carbocycles. The van der Waals surface area contributed by atoms with Crippen LogP contribution in [0.5, 0.6) is 5.75 Å². The van der Waals surface area contributed by atoms with E-state index in [1.807, 2.05) is 12.1 Å². The smallest absolute Gasteiger partial charge is 0.317 e. The Hall–Kier alpha value is -1.75. The van der Waals surface area contributed by atoms with Crippen LogP contribution in [0.25, 0.3) is 0 Å². The van der Waals surface area contributed by atoms with Crippen LogP contribution in [0.15, 0.2) is 24.3 Å². The van der Waals surface area contributed by atoms with Gasteiger partial charge in [-0.25, -0.2) is 4.79 Å². The standard InChI is InChI=1S/C17H28N2O3/c1-17(2,3)14-6-8-15(9-7-14)22-13-5-10-18-16(21)19(4)11-12-20/h6-9,20H,5,10-13H2,1-4H3,(H,18,21). The van der Waals surface area contributed by atoms with Crippen molar-refractivity contribution in [1.29, 1.82) is 0 Å². The first-order valence-electron chi connectivity index (χ1n) is 7.68. The van der Waals surface area contributed by atoms with Crippen LogP contribution < -0.4 is 10.1 Å². The number of nitrogens with one attached hydrogen (secondary N) is 1. The highest BCUT2D eigenvalue weighted by Crippen LogP contribution is 2.24. The van der Waals surface area contributed by atoms with E-state index in [2.05, 4.69) is 38.2 Å². The number of hydrogen-bond donors (Lipinski definition) is 2. The normalized spacial score (nSPS) is 11.1. The Morgan fingerprint density at radius 3 is 2.45 bits per heavy atom. The molecule has 0 saturated carbocycles. The maximum absolute atomic E-state index is 11.6. The minimum Gasteiger partial charge on any atom is -0.494 e. The Balaban J connectivity index is 2.24. The second-order valence-electron chi connectivity index (χ2n) is 6.35. The van der Waals surface area contributed by atoms with E-state index in [0.29, 0.717) is 19.7 Å². The molecule has 0 radical (unpaired) electrons. The Morgan fingerprint density at radius 2 is 1.91 bits per heavy atom. The van der Waals surface area contributed by atoms with Crippen molar-refractivity contribution in [3.05, 3.63) is 29.8 Å². The van der Waals surface area contributed by atoms with Gasteiger partial charge in [0.2, 0.25) is 0 Å². The van der Waals surface area contributed by atoms with Crippen molar-refractivity contribution in [2.75, 3.05) is 33.4 Å². The fourth-order valence-electron chi connectivity index (χ4n) is 1.90. The number of carbonyl (C=O) groups is 1. The fraction of sp³-hybridized carbons (Fsp3) is 0.588. The lowest BCUT2D eigenvalue weighted by Gasteiger charge is -2.19. The lowest BCUT2D eigenvalue weighted by molar-refractivity contribution is 0.189. The van der Waals surface area contributed by atoms with E-state index in [9.17, 15) is 4.79 Å². The van der Waals surface area contributed by atoms with Crippen molar-refractivity contribution in [1.82, 2.24) is 10.2 Å². The number of rotatable bonds is 7. The first-order valence-corrected chi connectivity index (χ1v) is 7.68. The van der Waals surface area contributed by atoms with E-state index in [1.54, 1.807) is 7.05 Å². The summed E-state index contributed by atoms with van der Waals surface area (Å²) < 4.78 is 5.66.